The lowest BCUT2D eigenvalue weighted by Gasteiger charge is -2.24. The van der Waals surface area contributed by atoms with Crippen LogP contribution >= 0.6 is 23.2 Å². The molecule has 3 aromatic carbocycles. The number of hydrogen-bond acceptors (Lipinski definition) is 4. The van der Waals surface area contributed by atoms with Gasteiger partial charge in [-0.25, -0.2) is 4.98 Å². The molecule has 7 heteroatoms. The molecule has 0 spiro atoms. The Balaban J connectivity index is 1.45. The van der Waals surface area contributed by atoms with Gasteiger partial charge in [-0.05, 0) is 41.8 Å². The second-order valence-corrected chi connectivity index (χ2v) is 9.84. The fraction of sp³-hybridized carbons (Fsp3) is 0.276. The largest absolute Gasteiger partial charge is 0.454 e. The number of halogens is 2. The Hall–Kier alpha value is -2.99. The molecule has 0 saturated carbocycles. The van der Waals surface area contributed by atoms with Gasteiger partial charge in [-0.2, -0.15) is 0 Å². The zero-order valence-corrected chi connectivity index (χ0v) is 21.8. The maximum atomic E-state index is 6.34. The lowest BCUT2D eigenvalue weighted by atomic mass is 10.1. The highest BCUT2D eigenvalue weighted by atomic mass is 35.5. The normalized spacial score (nSPS) is 12.4. The lowest BCUT2D eigenvalue weighted by Crippen LogP contribution is -2.24. The van der Waals surface area contributed by atoms with Crippen molar-refractivity contribution in [1.29, 1.82) is 0 Å². The first-order valence-electron chi connectivity index (χ1n) is 12.3. The second-order valence-electron chi connectivity index (χ2n) is 9.03. The average Bonchev–Trinajstić information content (AvgIpc) is 3.52. The van der Waals surface area contributed by atoms with E-state index in [9.17, 15) is 0 Å². The van der Waals surface area contributed by atoms with Gasteiger partial charge in [0.2, 0.25) is 6.79 Å². The highest BCUT2D eigenvalue weighted by Gasteiger charge is 2.18. The molecule has 0 fully saturated rings. The summed E-state index contributed by atoms with van der Waals surface area (Å²) in [5.41, 5.74) is 4.57. The Kier molecular flexibility index (Phi) is 7.81. The van der Waals surface area contributed by atoms with E-state index in [2.05, 4.69) is 52.8 Å². The zero-order valence-electron chi connectivity index (χ0n) is 20.3. The summed E-state index contributed by atoms with van der Waals surface area (Å²) < 4.78 is 13.5. The van der Waals surface area contributed by atoms with Gasteiger partial charge in [-0.1, -0.05) is 79.0 Å². The molecule has 0 saturated heterocycles. The van der Waals surface area contributed by atoms with Crippen molar-refractivity contribution in [3.63, 3.8) is 0 Å². The quantitative estimate of drug-likeness (QED) is 0.215. The van der Waals surface area contributed by atoms with E-state index in [1.54, 1.807) is 0 Å². The minimum atomic E-state index is 0.269. The maximum Gasteiger partial charge on any atom is 0.231 e. The summed E-state index contributed by atoms with van der Waals surface area (Å²) in [6.07, 6.45) is 4.23. The van der Waals surface area contributed by atoms with Crippen LogP contribution in [0.5, 0.6) is 11.5 Å². The first kappa shape index (κ1) is 24.7. The van der Waals surface area contributed by atoms with Crippen LogP contribution in [0.2, 0.25) is 10.0 Å². The Morgan fingerprint density at radius 2 is 1.61 bits per heavy atom. The van der Waals surface area contributed by atoms with Gasteiger partial charge in [0.25, 0.3) is 0 Å². The number of hydrogen-bond donors (Lipinski definition) is 0. The van der Waals surface area contributed by atoms with E-state index in [0.29, 0.717) is 16.6 Å². The van der Waals surface area contributed by atoms with Crippen molar-refractivity contribution in [2.45, 2.75) is 45.9 Å². The fourth-order valence-corrected chi connectivity index (χ4v) is 4.83. The molecular weight excluding hydrogens is 493 g/mol. The first-order valence-corrected chi connectivity index (χ1v) is 13.0. The second kappa shape index (κ2) is 11.4. The van der Waals surface area contributed by atoms with Crippen molar-refractivity contribution in [2.75, 3.05) is 6.79 Å². The van der Waals surface area contributed by atoms with E-state index in [1.807, 2.05) is 36.5 Å². The van der Waals surface area contributed by atoms with Crippen molar-refractivity contribution in [3.8, 4) is 22.9 Å². The number of fused-ring (bicyclic) bond motifs is 1. The molecule has 5 rings (SSSR count). The number of ether oxygens (including phenoxy) is 2. The molecule has 0 unspecified atom stereocenters. The highest BCUT2D eigenvalue weighted by Crippen LogP contribution is 2.33. The van der Waals surface area contributed by atoms with Crippen molar-refractivity contribution >= 4 is 23.2 Å². The maximum absolute atomic E-state index is 6.34. The fourth-order valence-electron chi connectivity index (χ4n) is 4.51. The molecule has 1 aromatic heterocycles. The molecule has 0 N–H and O–H groups in total. The molecule has 186 valence electrons. The molecule has 4 aromatic rings. The van der Waals surface area contributed by atoms with Gasteiger partial charge < -0.3 is 14.0 Å². The van der Waals surface area contributed by atoms with Crippen molar-refractivity contribution < 1.29 is 9.47 Å². The van der Waals surface area contributed by atoms with Gasteiger partial charge in [0, 0.05) is 31.7 Å². The predicted octanol–water partition coefficient (Wildman–Crippen LogP) is 7.59. The van der Waals surface area contributed by atoms with Crippen LogP contribution in [0, 0.1) is 0 Å². The van der Waals surface area contributed by atoms with Crippen LogP contribution in [0.4, 0.5) is 0 Å². The van der Waals surface area contributed by atoms with E-state index >= 15 is 0 Å². The van der Waals surface area contributed by atoms with E-state index in [-0.39, 0.29) is 6.79 Å². The van der Waals surface area contributed by atoms with Gasteiger partial charge >= 0.3 is 0 Å². The molecule has 2 heterocycles. The Bertz CT molecular complexity index is 1320. The molecular formula is C29H29Cl2N3O2. The number of rotatable bonds is 10. The number of imidazole rings is 1. The van der Waals surface area contributed by atoms with Crippen LogP contribution in [0.25, 0.3) is 11.4 Å². The van der Waals surface area contributed by atoms with Crippen molar-refractivity contribution in [1.82, 2.24) is 14.5 Å². The van der Waals surface area contributed by atoms with E-state index in [0.717, 1.165) is 66.5 Å². The average molecular weight is 522 g/mol. The predicted molar refractivity (Wildman–Crippen MR) is 145 cm³/mol. The van der Waals surface area contributed by atoms with Crippen molar-refractivity contribution in [2.24, 2.45) is 0 Å². The summed E-state index contributed by atoms with van der Waals surface area (Å²) in [7, 11) is 0. The third kappa shape index (κ3) is 5.70. The number of aromatic nitrogens is 2. The van der Waals surface area contributed by atoms with Crippen LogP contribution in [0.1, 0.15) is 36.6 Å². The highest BCUT2D eigenvalue weighted by molar-refractivity contribution is 6.42. The molecule has 1 aliphatic heterocycles. The molecule has 0 atom stereocenters. The smallest absolute Gasteiger partial charge is 0.231 e. The van der Waals surface area contributed by atoms with Crippen LogP contribution < -0.4 is 9.47 Å². The molecule has 0 aliphatic carbocycles. The van der Waals surface area contributed by atoms with E-state index < -0.39 is 0 Å². The summed E-state index contributed by atoms with van der Waals surface area (Å²) >= 11 is 12.5. The third-order valence-electron chi connectivity index (χ3n) is 6.32. The van der Waals surface area contributed by atoms with E-state index in [4.69, 9.17) is 37.7 Å². The molecule has 0 radical (unpaired) electrons. The Morgan fingerprint density at radius 1 is 0.861 bits per heavy atom. The molecule has 36 heavy (non-hydrogen) atoms. The van der Waals surface area contributed by atoms with Gasteiger partial charge in [-0.15, -0.1) is 0 Å². The van der Waals surface area contributed by atoms with Crippen LogP contribution in [-0.4, -0.2) is 21.2 Å². The SMILES string of the molecule is CCCCn1c(CN(Cc2ccc(Cl)c(Cl)c2)Cc2ccc3c(c2)OCO3)cnc1-c1ccccc1. The zero-order chi connectivity index (χ0) is 24.9. The first-order chi connectivity index (χ1) is 17.6. The minimum absolute atomic E-state index is 0.269. The summed E-state index contributed by atoms with van der Waals surface area (Å²) in [4.78, 5) is 7.23. The lowest BCUT2D eigenvalue weighted by molar-refractivity contribution is 0.174. The van der Waals surface area contributed by atoms with Gasteiger partial charge in [0.15, 0.2) is 11.5 Å². The summed E-state index contributed by atoms with van der Waals surface area (Å²) in [5, 5.41) is 1.13. The topological polar surface area (TPSA) is 39.5 Å². The Labute approximate surface area is 222 Å². The molecule has 5 nitrogen and oxygen atoms in total. The monoisotopic (exact) mass is 521 g/mol. The van der Waals surface area contributed by atoms with E-state index in [1.165, 1.54) is 5.69 Å². The van der Waals surface area contributed by atoms with Crippen LogP contribution in [0.15, 0.2) is 72.9 Å². The molecule has 0 amide bonds. The standard InChI is InChI=1S/C29H29Cl2N3O2/c1-2-3-13-34-24(16-32-29(34)23-7-5-4-6-8-23)19-33(17-21-9-11-25(30)26(31)14-21)18-22-10-12-27-28(15-22)36-20-35-27/h4-12,14-16H,2-3,13,17-20H2,1H3. The Morgan fingerprint density at radius 3 is 2.39 bits per heavy atom. The third-order valence-corrected chi connectivity index (χ3v) is 7.06. The van der Waals surface area contributed by atoms with Gasteiger partial charge in [0.05, 0.1) is 21.9 Å². The van der Waals surface area contributed by atoms with Crippen LogP contribution in [-0.2, 0) is 26.2 Å². The van der Waals surface area contributed by atoms with Gasteiger partial charge in [-0.3, -0.25) is 4.90 Å². The number of benzene rings is 3. The van der Waals surface area contributed by atoms with Crippen molar-refractivity contribution in [3.05, 3.63) is 99.8 Å². The minimum Gasteiger partial charge on any atom is -0.454 e. The molecule has 1 aliphatic rings. The van der Waals surface area contributed by atoms with Crippen LogP contribution in [0.3, 0.4) is 0 Å². The summed E-state index contributed by atoms with van der Waals surface area (Å²) in [5.74, 6) is 2.60. The molecule has 0 bridgehead atoms. The summed E-state index contributed by atoms with van der Waals surface area (Å²) in [6.45, 7) is 5.60. The number of unbranched alkanes of at least 4 members (excludes halogenated alkanes) is 1. The summed E-state index contributed by atoms with van der Waals surface area (Å²) in [6, 6.07) is 22.4. The van der Waals surface area contributed by atoms with Gasteiger partial charge in [0.1, 0.15) is 5.82 Å². The number of nitrogens with zero attached hydrogens (tertiary/aromatic N) is 3.